The summed E-state index contributed by atoms with van der Waals surface area (Å²) in [5, 5.41) is 0. The number of ether oxygens (including phenoxy) is 1. The molecule has 1 rings (SSSR count). The highest BCUT2D eigenvalue weighted by molar-refractivity contribution is 5.31. The second-order valence-corrected chi connectivity index (χ2v) is 4.15. The summed E-state index contributed by atoms with van der Waals surface area (Å²) in [6.45, 7) is 0. The van der Waals surface area contributed by atoms with E-state index < -0.39 is 64.9 Å². The van der Waals surface area contributed by atoms with Crippen molar-refractivity contribution in [1.82, 2.24) is 0 Å². The third-order valence-corrected chi connectivity index (χ3v) is 2.50. The molecule has 0 amide bonds. The molecule has 0 aliphatic heterocycles. The second kappa shape index (κ2) is 6.29. The van der Waals surface area contributed by atoms with Crippen LogP contribution in [-0.2, 0) is 0 Å². The molecular formula is C11HF13O. The second-order valence-electron chi connectivity index (χ2n) is 4.15. The lowest BCUT2D eigenvalue weighted by Crippen LogP contribution is -2.59. The van der Waals surface area contributed by atoms with Gasteiger partial charge in [0.2, 0.25) is 34.8 Å². The van der Waals surface area contributed by atoms with E-state index in [2.05, 4.69) is 4.74 Å². The fourth-order valence-corrected chi connectivity index (χ4v) is 1.36. The molecular weight excluding hydrogens is 395 g/mol. The first-order valence-electron chi connectivity index (χ1n) is 5.44. The molecule has 0 fully saturated rings. The molecule has 0 aromatic heterocycles. The van der Waals surface area contributed by atoms with Crippen molar-refractivity contribution in [3.8, 4) is 5.75 Å². The average Bonchev–Trinajstić information content (AvgIpc) is 2.44. The molecule has 0 radical (unpaired) electrons. The molecule has 0 heterocycles. The number of benzene rings is 1. The quantitative estimate of drug-likeness (QED) is 0.376. The molecule has 1 aromatic carbocycles. The summed E-state index contributed by atoms with van der Waals surface area (Å²) < 4.78 is 169. The van der Waals surface area contributed by atoms with Crippen molar-refractivity contribution in [3.63, 3.8) is 0 Å². The van der Waals surface area contributed by atoms with Crippen molar-refractivity contribution in [2.24, 2.45) is 0 Å². The minimum absolute atomic E-state index is 1.91. The Balaban J connectivity index is 3.68. The molecule has 0 bridgehead atoms. The van der Waals surface area contributed by atoms with Crippen LogP contribution in [0.15, 0.2) is 12.2 Å². The average molecular weight is 396 g/mol. The Morgan fingerprint density at radius 3 is 1.36 bits per heavy atom. The minimum atomic E-state index is -6.94. The first-order chi connectivity index (χ1) is 11.1. The number of hydrogen-bond donors (Lipinski definition) is 0. The van der Waals surface area contributed by atoms with Crippen LogP contribution in [0, 0.1) is 29.1 Å². The molecule has 0 saturated carbocycles. The highest BCUT2D eigenvalue weighted by Gasteiger charge is 2.74. The summed E-state index contributed by atoms with van der Waals surface area (Å²) in [6.07, 6.45) is -12.4. The molecule has 1 nitrogen and oxygen atoms in total. The molecule has 1 aromatic rings. The van der Waals surface area contributed by atoms with E-state index in [0.29, 0.717) is 0 Å². The van der Waals surface area contributed by atoms with Crippen LogP contribution in [0.1, 0.15) is 0 Å². The summed E-state index contributed by atoms with van der Waals surface area (Å²) in [4.78, 5) is 0. The number of alkyl halides is 6. The number of halogens is 13. The van der Waals surface area contributed by atoms with Gasteiger partial charge in [0.15, 0.2) is 0 Å². The topological polar surface area (TPSA) is 9.23 Å². The first kappa shape index (κ1) is 20.9. The van der Waals surface area contributed by atoms with Crippen molar-refractivity contribution >= 4 is 0 Å². The van der Waals surface area contributed by atoms with Crippen molar-refractivity contribution in [2.75, 3.05) is 0 Å². The van der Waals surface area contributed by atoms with Gasteiger partial charge >= 0.3 is 18.0 Å². The number of rotatable bonds is 4. The maximum atomic E-state index is 13.7. The predicted molar refractivity (Wildman–Crippen MR) is 52.0 cm³/mol. The van der Waals surface area contributed by atoms with Gasteiger partial charge < -0.3 is 4.74 Å². The lowest BCUT2D eigenvalue weighted by atomic mass is 10.1. The molecule has 0 aliphatic carbocycles. The van der Waals surface area contributed by atoms with E-state index in [1.807, 2.05) is 0 Å². The monoisotopic (exact) mass is 396 g/mol. The molecule has 0 spiro atoms. The largest absolute Gasteiger partial charge is 0.467 e. The third kappa shape index (κ3) is 3.46. The van der Waals surface area contributed by atoms with E-state index in [-0.39, 0.29) is 0 Å². The molecule has 1 unspecified atom stereocenters. The van der Waals surface area contributed by atoms with Gasteiger partial charge in [-0.15, -0.1) is 0 Å². The summed E-state index contributed by atoms with van der Waals surface area (Å²) in [7, 11) is 0. The number of hydrogen-bond acceptors (Lipinski definition) is 1. The lowest BCUT2D eigenvalue weighted by molar-refractivity contribution is -0.362. The van der Waals surface area contributed by atoms with Gasteiger partial charge in [0.05, 0.1) is 6.08 Å². The van der Waals surface area contributed by atoms with Gasteiger partial charge in [-0.2, -0.15) is 43.9 Å². The Morgan fingerprint density at radius 2 is 1.04 bits per heavy atom. The Morgan fingerprint density at radius 1 is 0.680 bits per heavy atom. The molecule has 0 saturated heterocycles. The van der Waals surface area contributed by atoms with Crippen LogP contribution in [0.3, 0.4) is 0 Å². The van der Waals surface area contributed by atoms with Gasteiger partial charge in [0.1, 0.15) is 0 Å². The van der Waals surface area contributed by atoms with Gasteiger partial charge in [0, 0.05) is 0 Å². The first-order valence-corrected chi connectivity index (χ1v) is 5.44. The fourth-order valence-electron chi connectivity index (χ4n) is 1.36. The summed E-state index contributed by atoms with van der Waals surface area (Å²) in [6, 6.07) is 0. The van der Waals surface area contributed by atoms with Crippen molar-refractivity contribution in [1.29, 1.82) is 0 Å². The maximum absolute atomic E-state index is 13.7. The standard InChI is InChI=1S/C11HF13O/c12-2(13)1-9(19,20)10(21,11(22,23)24)25-8-6(17)4(15)3(14)5(16)7(8)18/h1H. The molecule has 0 N–H and O–H groups in total. The highest BCUT2D eigenvalue weighted by atomic mass is 19.4. The van der Waals surface area contributed by atoms with E-state index in [1.54, 1.807) is 0 Å². The normalized spacial score (nSPS) is 14.9. The van der Waals surface area contributed by atoms with Crippen LogP contribution in [-0.4, -0.2) is 18.0 Å². The van der Waals surface area contributed by atoms with Gasteiger partial charge in [-0.05, 0) is 0 Å². The van der Waals surface area contributed by atoms with E-state index in [4.69, 9.17) is 0 Å². The lowest BCUT2D eigenvalue weighted by Gasteiger charge is -2.33. The predicted octanol–water partition coefficient (Wildman–Crippen LogP) is 5.40. The van der Waals surface area contributed by atoms with Crippen LogP contribution in [0.2, 0.25) is 0 Å². The van der Waals surface area contributed by atoms with Crippen molar-refractivity contribution in [3.05, 3.63) is 41.2 Å². The van der Waals surface area contributed by atoms with Gasteiger partial charge in [-0.25, -0.2) is 13.2 Å². The zero-order valence-corrected chi connectivity index (χ0v) is 10.9. The van der Waals surface area contributed by atoms with Gasteiger partial charge in [-0.3, -0.25) is 0 Å². The van der Waals surface area contributed by atoms with Gasteiger partial charge in [-0.1, -0.05) is 0 Å². The van der Waals surface area contributed by atoms with E-state index >= 15 is 0 Å². The van der Waals surface area contributed by atoms with Crippen LogP contribution in [0.5, 0.6) is 5.75 Å². The summed E-state index contributed by atoms with van der Waals surface area (Å²) in [5.41, 5.74) is 0. The molecule has 25 heavy (non-hydrogen) atoms. The van der Waals surface area contributed by atoms with Gasteiger partial charge in [0.25, 0.3) is 6.08 Å². The molecule has 1 atom stereocenters. The van der Waals surface area contributed by atoms with Crippen molar-refractivity contribution in [2.45, 2.75) is 18.0 Å². The summed E-state index contributed by atoms with van der Waals surface area (Å²) >= 11 is 0. The SMILES string of the molecule is FC(F)=CC(F)(F)C(F)(Oc1c(F)c(F)c(F)c(F)c1F)C(F)(F)F. The molecule has 14 heteroatoms. The van der Waals surface area contributed by atoms with E-state index in [1.165, 1.54) is 0 Å². The van der Waals surface area contributed by atoms with E-state index in [9.17, 15) is 57.1 Å². The van der Waals surface area contributed by atoms with Crippen molar-refractivity contribution < 1.29 is 61.8 Å². The minimum Gasteiger partial charge on any atom is -0.439 e. The zero-order valence-electron chi connectivity index (χ0n) is 10.9. The third-order valence-electron chi connectivity index (χ3n) is 2.50. The Kier molecular flexibility index (Phi) is 5.26. The van der Waals surface area contributed by atoms with Crippen LogP contribution < -0.4 is 4.74 Å². The van der Waals surface area contributed by atoms with E-state index in [0.717, 1.165) is 0 Å². The van der Waals surface area contributed by atoms with Crippen LogP contribution in [0.25, 0.3) is 0 Å². The molecule has 142 valence electrons. The highest BCUT2D eigenvalue weighted by Crippen LogP contribution is 2.48. The Labute approximate surface area is 128 Å². The molecule has 0 aliphatic rings. The summed E-state index contributed by atoms with van der Waals surface area (Å²) in [5.74, 6) is -31.3. The van der Waals surface area contributed by atoms with Crippen LogP contribution >= 0.6 is 0 Å². The maximum Gasteiger partial charge on any atom is 0.467 e. The zero-order chi connectivity index (χ0) is 20.0. The van der Waals surface area contributed by atoms with Crippen LogP contribution in [0.4, 0.5) is 57.1 Å². The smallest absolute Gasteiger partial charge is 0.439 e. The Bertz CT molecular complexity index is 674. The fraction of sp³-hybridized carbons (Fsp3) is 0.273. The Hall–Kier alpha value is -2.15.